The van der Waals surface area contributed by atoms with Crippen LogP contribution in [0.1, 0.15) is 27.7 Å². The summed E-state index contributed by atoms with van der Waals surface area (Å²) in [5.41, 5.74) is 6.53. The molecule has 108 valence electrons. The van der Waals surface area contributed by atoms with Gasteiger partial charge in [-0.3, -0.25) is 4.90 Å². The molecular formula is C15H26N2O2. The Balaban J connectivity index is 2.57. The van der Waals surface area contributed by atoms with Gasteiger partial charge in [-0.05, 0) is 39.8 Å². The van der Waals surface area contributed by atoms with Gasteiger partial charge in [0.15, 0.2) is 0 Å². The minimum Gasteiger partial charge on any atom is -0.497 e. The van der Waals surface area contributed by atoms with Crippen LogP contribution < -0.4 is 15.2 Å². The average Bonchev–Trinajstić information content (AvgIpc) is 2.35. The molecule has 0 spiro atoms. The van der Waals surface area contributed by atoms with E-state index < -0.39 is 0 Å². The molecule has 0 aromatic heterocycles. The third kappa shape index (κ3) is 4.63. The van der Waals surface area contributed by atoms with Crippen molar-refractivity contribution < 1.29 is 9.47 Å². The lowest BCUT2D eigenvalue weighted by molar-refractivity contribution is 0.142. The fourth-order valence-electron chi connectivity index (χ4n) is 2.14. The second-order valence-electron chi connectivity index (χ2n) is 5.18. The van der Waals surface area contributed by atoms with Gasteiger partial charge in [0, 0.05) is 24.7 Å². The van der Waals surface area contributed by atoms with Gasteiger partial charge < -0.3 is 15.2 Å². The molecule has 4 heteroatoms. The van der Waals surface area contributed by atoms with Crippen molar-refractivity contribution in [1.82, 2.24) is 4.90 Å². The number of methoxy groups -OCH3 is 1. The third-order valence-electron chi connectivity index (χ3n) is 3.15. The molecule has 0 unspecified atom stereocenters. The standard InChI is InChI=1S/C15H26N2O2/c1-11(2)17(12(3)4)8-9-19-15-10-13(18-5)6-7-14(15)16/h6-7,10-12H,8-9,16H2,1-5H3. The van der Waals surface area contributed by atoms with Crippen LogP contribution in [0.3, 0.4) is 0 Å². The fraction of sp³-hybridized carbons (Fsp3) is 0.600. The van der Waals surface area contributed by atoms with Crippen molar-refractivity contribution in [2.24, 2.45) is 0 Å². The number of hydrogen-bond acceptors (Lipinski definition) is 4. The summed E-state index contributed by atoms with van der Waals surface area (Å²) in [6.45, 7) is 10.3. The lowest BCUT2D eigenvalue weighted by Gasteiger charge is -2.30. The van der Waals surface area contributed by atoms with Crippen molar-refractivity contribution in [2.45, 2.75) is 39.8 Å². The highest BCUT2D eigenvalue weighted by Crippen LogP contribution is 2.26. The van der Waals surface area contributed by atoms with Crippen molar-refractivity contribution >= 4 is 5.69 Å². The topological polar surface area (TPSA) is 47.7 Å². The monoisotopic (exact) mass is 266 g/mol. The minimum atomic E-state index is 0.506. The molecule has 0 atom stereocenters. The van der Waals surface area contributed by atoms with E-state index in [0.29, 0.717) is 30.1 Å². The SMILES string of the molecule is COc1ccc(N)c(OCCN(C(C)C)C(C)C)c1. The lowest BCUT2D eigenvalue weighted by atomic mass is 10.2. The summed E-state index contributed by atoms with van der Waals surface area (Å²) in [6, 6.07) is 6.47. The zero-order valence-electron chi connectivity index (χ0n) is 12.6. The lowest BCUT2D eigenvalue weighted by Crippen LogP contribution is -2.39. The maximum Gasteiger partial charge on any atom is 0.145 e. The van der Waals surface area contributed by atoms with E-state index >= 15 is 0 Å². The fourth-order valence-corrected chi connectivity index (χ4v) is 2.14. The molecule has 0 bridgehead atoms. The van der Waals surface area contributed by atoms with Crippen molar-refractivity contribution in [3.8, 4) is 11.5 Å². The molecule has 0 saturated heterocycles. The van der Waals surface area contributed by atoms with Crippen LogP contribution in [0.2, 0.25) is 0 Å². The Bertz CT molecular complexity index is 384. The molecule has 1 aromatic carbocycles. The zero-order chi connectivity index (χ0) is 14.4. The van der Waals surface area contributed by atoms with E-state index in [1.807, 2.05) is 12.1 Å². The maximum absolute atomic E-state index is 5.89. The van der Waals surface area contributed by atoms with E-state index in [1.165, 1.54) is 0 Å². The first-order chi connectivity index (χ1) is 8.95. The number of benzene rings is 1. The van der Waals surface area contributed by atoms with E-state index in [-0.39, 0.29) is 0 Å². The number of anilines is 1. The van der Waals surface area contributed by atoms with Gasteiger partial charge in [-0.2, -0.15) is 0 Å². The molecule has 1 aromatic rings. The highest BCUT2D eigenvalue weighted by molar-refractivity contribution is 5.55. The summed E-state index contributed by atoms with van der Waals surface area (Å²) in [5.74, 6) is 1.44. The van der Waals surface area contributed by atoms with Gasteiger partial charge in [-0.15, -0.1) is 0 Å². The molecule has 0 amide bonds. The molecule has 4 nitrogen and oxygen atoms in total. The van der Waals surface area contributed by atoms with Gasteiger partial charge in [0.25, 0.3) is 0 Å². The van der Waals surface area contributed by atoms with Crippen LogP contribution in [0.5, 0.6) is 11.5 Å². The van der Waals surface area contributed by atoms with E-state index in [2.05, 4.69) is 32.6 Å². The highest BCUT2D eigenvalue weighted by atomic mass is 16.5. The number of nitrogens with two attached hydrogens (primary N) is 1. The van der Waals surface area contributed by atoms with Gasteiger partial charge in [0.05, 0.1) is 12.8 Å². The quantitative estimate of drug-likeness (QED) is 0.771. The first-order valence-electron chi connectivity index (χ1n) is 6.77. The van der Waals surface area contributed by atoms with E-state index in [0.717, 1.165) is 12.3 Å². The van der Waals surface area contributed by atoms with Crippen LogP contribution in [0.15, 0.2) is 18.2 Å². The number of ether oxygens (including phenoxy) is 2. The van der Waals surface area contributed by atoms with Crippen LogP contribution >= 0.6 is 0 Å². The average molecular weight is 266 g/mol. The molecular weight excluding hydrogens is 240 g/mol. The number of rotatable bonds is 7. The summed E-state index contributed by atoms with van der Waals surface area (Å²) < 4.78 is 10.9. The summed E-state index contributed by atoms with van der Waals surface area (Å²) in [7, 11) is 1.63. The number of nitrogen functional groups attached to an aromatic ring is 1. The molecule has 0 aliphatic heterocycles. The Morgan fingerprint density at radius 2 is 1.79 bits per heavy atom. The van der Waals surface area contributed by atoms with Gasteiger partial charge >= 0.3 is 0 Å². The molecule has 0 aliphatic carbocycles. The van der Waals surface area contributed by atoms with Gasteiger partial charge in [-0.1, -0.05) is 0 Å². The van der Waals surface area contributed by atoms with Gasteiger partial charge in [0.1, 0.15) is 18.1 Å². The van der Waals surface area contributed by atoms with Crippen molar-refractivity contribution in [1.29, 1.82) is 0 Å². The summed E-state index contributed by atoms with van der Waals surface area (Å²) in [6.07, 6.45) is 0. The molecule has 0 saturated carbocycles. The second kappa shape index (κ2) is 7.24. The number of nitrogens with zero attached hydrogens (tertiary/aromatic N) is 1. The Labute approximate surface area is 116 Å². The maximum atomic E-state index is 5.89. The Morgan fingerprint density at radius 3 is 2.32 bits per heavy atom. The first kappa shape index (κ1) is 15.6. The van der Waals surface area contributed by atoms with Gasteiger partial charge in [-0.25, -0.2) is 0 Å². The molecule has 0 heterocycles. The van der Waals surface area contributed by atoms with Crippen molar-refractivity contribution in [3.05, 3.63) is 18.2 Å². The summed E-state index contributed by atoms with van der Waals surface area (Å²) in [4.78, 5) is 2.39. The smallest absolute Gasteiger partial charge is 0.145 e. The molecule has 0 radical (unpaired) electrons. The normalized spacial score (nSPS) is 11.4. The zero-order valence-corrected chi connectivity index (χ0v) is 12.6. The Morgan fingerprint density at radius 1 is 1.16 bits per heavy atom. The first-order valence-corrected chi connectivity index (χ1v) is 6.77. The summed E-state index contributed by atoms with van der Waals surface area (Å²) in [5, 5.41) is 0. The third-order valence-corrected chi connectivity index (χ3v) is 3.15. The van der Waals surface area contributed by atoms with Crippen LogP contribution in [0.4, 0.5) is 5.69 Å². The van der Waals surface area contributed by atoms with Crippen LogP contribution in [-0.4, -0.2) is 37.2 Å². The van der Waals surface area contributed by atoms with E-state index in [1.54, 1.807) is 13.2 Å². The Kier molecular flexibility index (Phi) is 5.96. The van der Waals surface area contributed by atoms with E-state index in [9.17, 15) is 0 Å². The second-order valence-corrected chi connectivity index (χ2v) is 5.18. The van der Waals surface area contributed by atoms with Gasteiger partial charge in [0.2, 0.25) is 0 Å². The summed E-state index contributed by atoms with van der Waals surface area (Å²) >= 11 is 0. The largest absolute Gasteiger partial charge is 0.497 e. The van der Waals surface area contributed by atoms with Crippen LogP contribution in [-0.2, 0) is 0 Å². The predicted octanol–water partition coefficient (Wildman–Crippen LogP) is 2.78. The molecule has 0 fully saturated rings. The molecule has 19 heavy (non-hydrogen) atoms. The highest BCUT2D eigenvalue weighted by Gasteiger charge is 2.13. The minimum absolute atomic E-state index is 0.506. The number of hydrogen-bond donors (Lipinski definition) is 1. The predicted molar refractivity (Wildman–Crippen MR) is 79.9 cm³/mol. The Hall–Kier alpha value is -1.42. The van der Waals surface area contributed by atoms with Crippen molar-refractivity contribution in [2.75, 3.05) is 26.0 Å². The van der Waals surface area contributed by atoms with Crippen LogP contribution in [0, 0.1) is 0 Å². The molecule has 1 rings (SSSR count). The van der Waals surface area contributed by atoms with Crippen molar-refractivity contribution in [3.63, 3.8) is 0 Å². The molecule has 0 aliphatic rings. The van der Waals surface area contributed by atoms with E-state index in [4.69, 9.17) is 15.2 Å². The molecule has 2 N–H and O–H groups in total. The van der Waals surface area contributed by atoms with Crippen LogP contribution in [0.25, 0.3) is 0 Å².